The summed E-state index contributed by atoms with van der Waals surface area (Å²) in [4.78, 5) is 24.2. The summed E-state index contributed by atoms with van der Waals surface area (Å²) in [5.74, 6) is -0.787. The average molecular weight is 499 g/mol. The van der Waals surface area contributed by atoms with Crippen molar-refractivity contribution in [3.8, 4) is 0 Å². The Labute approximate surface area is 179 Å². The van der Waals surface area contributed by atoms with Gasteiger partial charge in [-0.05, 0) is 52.3 Å². The van der Waals surface area contributed by atoms with Gasteiger partial charge >= 0.3 is 5.97 Å². The number of nitrogens with one attached hydrogen (secondary N) is 2. The lowest BCUT2D eigenvalue weighted by atomic mass is 10.2. The summed E-state index contributed by atoms with van der Waals surface area (Å²) in [5, 5.41) is 2.54. The van der Waals surface area contributed by atoms with Crippen molar-refractivity contribution in [1.29, 1.82) is 0 Å². The van der Waals surface area contributed by atoms with Gasteiger partial charge in [-0.25, -0.2) is 13.2 Å². The Morgan fingerprint density at radius 2 is 1.90 bits per heavy atom. The SMILES string of the molecule is O=C(COC(=O)c1ccccc1NS(=O)(=O)c1ccc(Br)s1)NCc1ccco1. The van der Waals surface area contributed by atoms with Crippen LogP contribution in [0.4, 0.5) is 5.69 Å². The quantitative estimate of drug-likeness (QED) is 0.460. The first-order valence-electron chi connectivity index (χ1n) is 8.18. The minimum atomic E-state index is -3.87. The maximum atomic E-state index is 12.5. The Morgan fingerprint density at radius 3 is 2.59 bits per heavy atom. The van der Waals surface area contributed by atoms with Gasteiger partial charge in [-0.1, -0.05) is 12.1 Å². The zero-order chi connectivity index (χ0) is 20.9. The van der Waals surface area contributed by atoms with Crippen molar-refractivity contribution in [2.75, 3.05) is 11.3 Å². The van der Waals surface area contributed by atoms with Crippen LogP contribution in [0.3, 0.4) is 0 Å². The first-order chi connectivity index (χ1) is 13.8. The summed E-state index contributed by atoms with van der Waals surface area (Å²) in [6.45, 7) is -0.353. The summed E-state index contributed by atoms with van der Waals surface area (Å²) >= 11 is 4.25. The molecule has 0 saturated heterocycles. The van der Waals surface area contributed by atoms with E-state index in [0.717, 1.165) is 11.3 Å². The molecule has 0 bridgehead atoms. The van der Waals surface area contributed by atoms with Gasteiger partial charge in [-0.3, -0.25) is 9.52 Å². The second kappa shape index (κ2) is 9.25. The van der Waals surface area contributed by atoms with Crippen molar-refractivity contribution in [2.45, 2.75) is 10.8 Å². The van der Waals surface area contributed by atoms with Crippen molar-refractivity contribution in [3.05, 3.63) is 69.9 Å². The normalized spacial score (nSPS) is 11.1. The van der Waals surface area contributed by atoms with E-state index in [2.05, 4.69) is 26.0 Å². The van der Waals surface area contributed by atoms with Crippen molar-refractivity contribution >= 4 is 54.9 Å². The van der Waals surface area contributed by atoms with Crippen LogP contribution in [-0.4, -0.2) is 26.9 Å². The highest BCUT2D eigenvalue weighted by Gasteiger charge is 2.21. The Hall–Kier alpha value is -2.63. The molecule has 3 rings (SSSR count). The number of esters is 1. The lowest BCUT2D eigenvalue weighted by molar-refractivity contribution is -0.124. The molecule has 0 aliphatic rings. The number of furan rings is 1. The molecule has 0 aliphatic heterocycles. The van der Waals surface area contributed by atoms with Crippen LogP contribution in [0.1, 0.15) is 16.1 Å². The first kappa shape index (κ1) is 21.1. The highest BCUT2D eigenvalue weighted by molar-refractivity contribution is 9.11. The van der Waals surface area contributed by atoms with Crippen molar-refractivity contribution < 1.29 is 27.2 Å². The standard InChI is InChI=1S/C18H15BrN2O6S2/c19-15-7-8-17(28-15)29(24,25)21-14-6-2-1-5-13(14)18(23)27-11-16(22)20-10-12-4-3-9-26-12/h1-9,21H,10-11H2,(H,20,22). The second-order valence-electron chi connectivity index (χ2n) is 5.64. The summed E-state index contributed by atoms with van der Waals surface area (Å²) in [5.41, 5.74) is 0.0450. The summed E-state index contributed by atoms with van der Waals surface area (Å²) in [7, 11) is -3.87. The van der Waals surface area contributed by atoms with E-state index in [9.17, 15) is 18.0 Å². The Balaban J connectivity index is 1.63. The first-order valence-corrected chi connectivity index (χ1v) is 11.3. The van der Waals surface area contributed by atoms with E-state index in [4.69, 9.17) is 9.15 Å². The lowest BCUT2D eigenvalue weighted by Gasteiger charge is -2.11. The summed E-state index contributed by atoms with van der Waals surface area (Å²) in [6.07, 6.45) is 1.48. The number of sulfonamides is 1. The molecular formula is C18H15BrN2O6S2. The number of anilines is 1. The molecule has 1 aromatic carbocycles. The minimum Gasteiger partial charge on any atom is -0.467 e. The molecule has 0 atom stereocenters. The van der Waals surface area contributed by atoms with Crippen LogP contribution >= 0.6 is 27.3 Å². The number of amides is 1. The molecule has 0 aliphatic carbocycles. The second-order valence-corrected chi connectivity index (χ2v) is 10.0. The smallest absolute Gasteiger partial charge is 0.340 e. The number of carbonyl (C=O) groups excluding carboxylic acids is 2. The Bertz CT molecular complexity index is 1110. The molecule has 0 saturated carbocycles. The van der Waals surface area contributed by atoms with Crippen molar-refractivity contribution in [3.63, 3.8) is 0 Å². The van der Waals surface area contributed by atoms with E-state index in [0.29, 0.717) is 9.55 Å². The third kappa shape index (κ3) is 5.68. The molecule has 152 valence electrons. The van der Waals surface area contributed by atoms with Crippen LogP contribution in [0.5, 0.6) is 0 Å². The Morgan fingerprint density at radius 1 is 1.10 bits per heavy atom. The molecule has 1 amide bonds. The van der Waals surface area contributed by atoms with E-state index < -0.39 is 28.5 Å². The topological polar surface area (TPSA) is 115 Å². The van der Waals surface area contributed by atoms with Gasteiger partial charge in [0.1, 0.15) is 9.97 Å². The van der Waals surface area contributed by atoms with E-state index >= 15 is 0 Å². The van der Waals surface area contributed by atoms with Crippen LogP contribution < -0.4 is 10.0 Å². The number of carbonyl (C=O) groups is 2. The zero-order valence-electron chi connectivity index (χ0n) is 14.8. The number of hydrogen-bond donors (Lipinski definition) is 2. The third-order valence-electron chi connectivity index (χ3n) is 3.58. The third-order valence-corrected chi connectivity index (χ3v) is 7.06. The Kier molecular flexibility index (Phi) is 6.72. The fourth-order valence-electron chi connectivity index (χ4n) is 2.25. The van der Waals surface area contributed by atoms with Crippen LogP contribution in [0, 0.1) is 0 Å². The maximum absolute atomic E-state index is 12.5. The van der Waals surface area contributed by atoms with Gasteiger partial charge in [-0.15, -0.1) is 11.3 Å². The molecular weight excluding hydrogens is 484 g/mol. The fourth-order valence-corrected chi connectivity index (χ4v) is 5.34. The monoisotopic (exact) mass is 498 g/mol. The highest BCUT2D eigenvalue weighted by Crippen LogP contribution is 2.28. The molecule has 29 heavy (non-hydrogen) atoms. The molecule has 3 aromatic rings. The van der Waals surface area contributed by atoms with Crippen LogP contribution in [0.15, 0.2) is 67.2 Å². The molecule has 0 unspecified atom stereocenters. The van der Waals surface area contributed by atoms with Gasteiger partial charge in [0.05, 0.1) is 27.8 Å². The van der Waals surface area contributed by atoms with Gasteiger partial charge in [0.25, 0.3) is 15.9 Å². The molecule has 11 heteroatoms. The van der Waals surface area contributed by atoms with E-state index in [1.807, 2.05) is 0 Å². The van der Waals surface area contributed by atoms with Crippen LogP contribution in [-0.2, 0) is 26.1 Å². The minimum absolute atomic E-state index is 0.00877. The molecule has 2 N–H and O–H groups in total. The number of rotatable bonds is 8. The maximum Gasteiger partial charge on any atom is 0.340 e. The predicted molar refractivity (Wildman–Crippen MR) is 110 cm³/mol. The number of halogens is 1. The highest BCUT2D eigenvalue weighted by atomic mass is 79.9. The lowest BCUT2D eigenvalue weighted by Crippen LogP contribution is -2.28. The predicted octanol–water partition coefficient (Wildman–Crippen LogP) is 3.38. The summed E-state index contributed by atoms with van der Waals surface area (Å²) in [6, 6.07) is 12.4. The molecule has 2 heterocycles. The largest absolute Gasteiger partial charge is 0.467 e. The number of benzene rings is 1. The average Bonchev–Trinajstić information content (AvgIpc) is 3.36. The fraction of sp³-hybridized carbons (Fsp3) is 0.111. The van der Waals surface area contributed by atoms with E-state index in [1.165, 1.54) is 24.5 Å². The molecule has 0 fully saturated rings. The molecule has 0 radical (unpaired) electrons. The van der Waals surface area contributed by atoms with Gasteiger partial charge < -0.3 is 14.5 Å². The van der Waals surface area contributed by atoms with Crippen molar-refractivity contribution in [2.24, 2.45) is 0 Å². The number of para-hydroxylation sites is 1. The zero-order valence-corrected chi connectivity index (χ0v) is 18.0. The van der Waals surface area contributed by atoms with E-state index in [-0.39, 0.29) is 22.0 Å². The van der Waals surface area contributed by atoms with Gasteiger partial charge in [0.2, 0.25) is 0 Å². The van der Waals surface area contributed by atoms with Gasteiger partial charge in [0, 0.05) is 0 Å². The van der Waals surface area contributed by atoms with Crippen LogP contribution in [0.2, 0.25) is 0 Å². The van der Waals surface area contributed by atoms with Crippen LogP contribution in [0.25, 0.3) is 0 Å². The number of ether oxygens (including phenoxy) is 1. The van der Waals surface area contributed by atoms with Crippen molar-refractivity contribution in [1.82, 2.24) is 5.32 Å². The molecule has 8 nitrogen and oxygen atoms in total. The van der Waals surface area contributed by atoms with E-state index in [1.54, 1.807) is 30.3 Å². The van der Waals surface area contributed by atoms with Gasteiger partial charge in [-0.2, -0.15) is 0 Å². The number of hydrogen-bond acceptors (Lipinski definition) is 7. The number of thiophene rings is 1. The van der Waals surface area contributed by atoms with Gasteiger partial charge in [0.15, 0.2) is 6.61 Å². The molecule has 2 aromatic heterocycles. The summed E-state index contributed by atoms with van der Waals surface area (Å²) < 4.78 is 38.2. The molecule has 0 spiro atoms.